The Bertz CT molecular complexity index is 379. The lowest BCUT2D eigenvalue weighted by molar-refractivity contribution is 0.0153. The van der Waals surface area contributed by atoms with Crippen LogP contribution in [0.2, 0.25) is 5.02 Å². The second-order valence-electron chi connectivity index (χ2n) is 3.95. The van der Waals surface area contributed by atoms with E-state index < -0.39 is 13.0 Å². The Kier molecular flexibility index (Phi) is 7.07. The van der Waals surface area contributed by atoms with Crippen molar-refractivity contribution < 1.29 is 13.5 Å². The lowest BCUT2D eigenvalue weighted by atomic mass is 10.0. The van der Waals surface area contributed by atoms with Crippen molar-refractivity contribution in [2.24, 2.45) is 5.73 Å². The van der Waals surface area contributed by atoms with E-state index in [9.17, 15) is 8.78 Å². The zero-order chi connectivity index (χ0) is 13.5. The van der Waals surface area contributed by atoms with Crippen LogP contribution in [0.4, 0.5) is 8.78 Å². The van der Waals surface area contributed by atoms with Crippen LogP contribution in [0.1, 0.15) is 12.0 Å². The Morgan fingerprint density at radius 3 is 2.72 bits per heavy atom. The van der Waals surface area contributed by atoms with Crippen molar-refractivity contribution in [3.8, 4) is 0 Å². The summed E-state index contributed by atoms with van der Waals surface area (Å²) in [6.07, 6.45) is -1.30. The van der Waals surface area contributed by atoms with Gasteiger partial charge >= 0.3 is 0 Å². The van der Waals surface area contributed by atoms with Gasteiger partial charge in [-0.1, -0.05) is 33.6 Å². The van der Waals surface area contributed by atoms with Gasteiger partial charge in [0.15, 0.2) is 0 Å². The molecule has 2 N–H and O–H groups in total. The Balaban J connectivity index is 2.33. The zero-order valence-electron chi connectivity index (χ0n) is 9.71. The number of hydrogen-bond donors (Lipinski definition) is 1. The van der Waals surface area contributed by atoms with Crippen LogP contribution in [0.25, 0.3) is 0 Å². The summed E-state index contributed by atoms with van der Waals surface area (Å²) in [4.78, 5) is 0. The highest BCUT2D eigenvalue weighted by molar-refractivity contribution is 9.10. The standard InChI is InChI=1S/C12H15BrClF2NO/c13-9-2-1-8(11(14)6-9)5-10(17)3-4-18-7-12(15)16/h1-2,6,10,12H,3-5,7,17H2. The highest BCUT2D eigenvalue weighted by atomic mass is 79.9. The second-order valence-corrected chi connectivity index (χ2v) is 5.28. The monoisotopic (exact) mass is 341 g/mol. The van der Waals surface area contributed by atoms with Crippen LogP contribution >= 0.6 is 27.5 Å². The predicted octanol–water partition coefficient (Wildman–Crippen LogP) is 3.64. The normalized spacial score (nSPS) is 13.0. The molecule has 0 aromatic heterocycles. The molecule has 1 aromatic rings. The molecule has 0 saturated carbocycles. The van der Waals surface area contributed by atoms with Crippen LogP contribution in [0.3, 0.4) is 0 Å². The molecule has 0 bridgehead atoms. The van der Waals surface area contributed by atoms with Crippen LogP contribution in [0, 0.1) is 0 Å². The molecule has 0 aliphatic carbocycles. The minimum Gasteiger partial charge on any atom is -0.375 e. The number of nitrogens with two attached hydrogens (primary N) is 1. The lowest BCUT2D eigenvalue weighted by Crippen LogP contribution is -2.25. The van der Waals surface area contributed by atoms with Gasteiger partial charge in [0.05, 0.1) is 0 Å². The molecular weight excluding hydrogens is 327 g/mol. The molecule has 6 heteroatoms. The maximum absolute atomic E-state index is 11.8. The third-order valence-corrected chi connectivity index (χ3v) is 3.22. The summed E-state index contributed by atoms with van der Waals surface area (Å²) in [5, 5.41) is 0.647. The summed E-state index contributed by atoms with van der Waals surface area (Å²) in [7, 11) is 0. The Morgan fingerprint density at radius 2 is 2.11 bits per heavy atom. The molecule has 0 aliphatic rings. The molecule has 0 radical (unpaired) electrons. The molecule has 2 nitrogen and oxygen atoms in total. The van der Waals surface area contributed by atoms with E-state index in [0.29, 0.717) is 17.9 Å². The smallest absolute Gasteiger partial charge is 0.261 e. The summed E-state index contributed by atoms with van der Waals surface area (Å²) >= 11 is 9.38. The molecule has 0 saturated heterocycles. The first-order valence-electron chi connectivity index (χ1n) is 5.54. The van der Waals surface area contributed by atoms with Gasteiger partial charge in [0.2, 0.25) is 0 Å². The Labute approximate surface area is 119 Å². The van der Waals surface area contributed by atoms with Gasteiger partial charge in [-0.05, 0) is 30.5 Å². The number of halogens is 4. The molecule has 0 aliphatic heterocycles. The van der Waals surface area contributed by atoms with Crippen LogP contribution in [-0.4, -0.2) is 25.7 Å². The van der Waals surface area contributed by atoms with Crippen LogP contribution in [0.15, 0.2) is 22.7 Å². The molecule has 0 fully saturated rings. The molecule has 102 valence electrons. The first-order chi connectivity index (χ1) is 8.49. The van der Waals surface area contributed by atoms with Gasteiger partial charge in [0, 0.05) is 22.1 Å². The zero-order valence-corrected chi connectivity index (χ0v) is 12.1. The maximum Gasteiger partial charge on any atom is 0.261 e. The SMILES string of the molecule is NC(CCOCC(F)F)Cc1ccc(Br)cc1Cl. The molecule has 1 atom stereocenters. The van der Waals surface area contributed by atoms with Crippen molar-refractivity contribution in [3.05, 3.63) is 33.3 Å². The van der Waals surface area contributed by atoms with Gasteiger partial charge in [0.1, 0.15) is 6.61 Å². The van der Waals surface area contributed by atoms with Gasteiger partial charge in [-0.15, -0.1) is 0 Å². The summed E-state index contributed by atoms with van der Waals surface area (Å²) in [6, 6.07) is 5.44. The highest BCUT2D eigenvalue weighted by Crippen LogP contribution is 2.22. The van der Waals surface area contributed by atoms with Gasteiger partial charge in [-0.2, -0.15) is 0 Å². The third-order valence-electron chi connectivity index (χ3n) is 2.37. The third kappa shape index (κ3) is 6.09. The highest BCUT2D eigenvalue weighted by Gasteiger charge is 2.09. The topological polar surface area (TPSA) is 35.2 Å². The average molecular weight is 343 g/mol. The number of benzene rings is 1. The number of alkyl halides is 2. The van der Waals surface area contributed by atoms with E-state index in [1.54, 1.807) is 6.07 Å². The maximum atomic E-state index is 11.8. The fourth-order valence-electron chi connectivity index (χ4n) is 1.48. The largest absolute Gasteiger partial charge is 0.375 e. The fourth-order valence-corrected chi connectivity index (χ4v) is 2.23. The van der Waals surface area contributed by atoms with Gasteiger partial charge < -0.3 is 10.5 Å². The summed E-state index contributed by atoms with van der Waals surface area (Å²) in [5.41, 5.74) is 6.84. The van der Waals surface area contributed by atoms with Gasteiger partial charge in [-0.3, -0.25) is 0 Å². The van der Waals surface area contributed by atoms with Crippen molar-refractivity contribution in [2.75, 3.05) is 13.2 Å². The minimum absolute atomic E-state index is 0.152. The summed E-state index contributed by atoms with van der Waals surface area (Å²) < 4.78 is 29.3. The minimum atomic E-state index is -2.43. The van der Waals surface area contributed by atoms with E-state index in [2.05, 4.69) is 15.9 Å². The van der Waals surface area contributed by atoms with E-state index in [0.717, 1.165) is 10.0 Å². The quantitative estimate of drug-likeness (QED) is 0.768. The van der Waals surface area contributed by atoms with Gasteiger partial charge in [-0.25, -0.2) is 8.78 Å². The van der Waals surface area contributed by atoms with Crippen molar-refractivity contribution in [1.82, 2.24) is 0 Å². The molecule has 0 spiro atoms. The second kappa shape index (κ2) is 8.04. The molecule has 18 heavy (non-hydrogen) atoms. The molecule has 1 aromatic carbocycles. The first-order valence-corrected chi connectivity index (χ1v) is 6.71. The Hall–Kier alpha value is -0.230. The van der Waals surface area contributed by atoms with Crippen LogP contribution in [0.5, 0.6) is 0 Å². The lowest BCUT2D eigenvalue weighted by Gasteiger charge is -2.13. The summed E-state index contributed by atoms with van der Waals surface area (Å²) in [6.45, 7) is -0.300. The van der Waals surface area contributed by atoms with Crippen LogP contribution in [-0.2, 0) is 11.2 Å². The molecule has 1 rings (SSSR count). The molecule has 1 unspecified atom stereocenters. The molecule has 0 heterocycles. The van der Waals surface area contributed by atoms with Crippen molar-refractivity contribution >= 4 is 27.5 Å². The van der Waals surface area contributed by atoms with Gasteiger partial charge in [0.25, 0.3) is 6.43 Å². The number of rotatable bonds is 7. The van der Waals surface area contributed by atoms with Crippen molar-refractivity contribution in [1.29, 1.82) is 0 Å². The van der Waals surface area contributed by atoms with Crippen LogP contribution < -0.4 is 5.73 Å². The number of ether oxygens (including phenoxy) is 1. The number of hydrogen-bond acceptors (Lipinski definition) is 2. The Morgan fingerprint density at radius 1 is 1.39 bits per heavy atom. The van der Waals surface area contributed by atoms with Crippen molar-refractivity contribution in [3.63, 3.8) is 0 Å². The predicted molar refractivity (Wildman–Crippen MR) is 72.3 cm³/mol. The fraction of sp³-hybridized carbons (Fsp3) is 0.500. The van der Waals surface area contributed by atoms with E-state index in [1.807, 2.05) is 12.1 Å². The van der Waals surface area contributed by atoms with E-state index in [4.69, 9.17) is 22.1 Å². The molecular formula is C12H15BrClF2NO. The first kappa shape index (κ1) is 15.8. The molecule has 0 amide bonds. The van der Waals surface area contributed by atoms with E-state index >= 15 is 0 Å². The van der Waals surface area contributed by atoms with E-state index in [-0.39, 0.29) is 12.6 Å². The summed E-state index contributed by atoms with van der Waals surface area (Å²) in [5.74, 6) is 0. The van der Waals surface area contributed by atoms with E-state index in [1.165, 1.54) is 0 Å². The van der Waals surface area contributed by atoms with Crippen molar-refractivity contribution in [2.45, 2.75) is 25.3 Å². The average Bonchev–Trinajstić information content (AvgIpc) is 2.28.